The highest BCUT2D eigenvalue weighted by molar-refractivity contribution is 6.82. The van der Waals surface area contributed by atoms with E-state index in [0.717, 1.165) is 11.3 Å². The molecular formula is C71H11NO. The molecule has 4 aliphatic carbocycles. The minimum Gasteiger partial charge on any atom is -0.329 e. The number of allylic oxidation sites excluding steroid dienone is 1. The zero-order valence-electron chi connectivity index (χ0n) is 37.7. The van der Waals surface area contributed by atoms with E-state index < -0.39 is 11.0 Å². The van der Waals surface area contributed by atoms with Crippen molar-refractivity contribution >= 4 is 302 Å². The summed E-state index contributed by atoms with van der Waals surface area (Å²) < 4.78 is 0. The summed E-state index contributed by atoms with van der Waals surface area (Å²) in [5.74, 6) is 0.243. The van der Waals surface area contributed by atoms with Gasteiger partial charge in [0.1, 0.15) is 5.54 Å². The molecule has 0 saturated heterocycles. The van der Waals surface area contributed by atoms with E-state index in [4.69, 9.17) is 0 Å². The molecule has 0 fully saturated rings. The first-order chi connectivity index (χ1) is 36.2. The summed E-state index contributed by atoms with van der Waals surface area (Å²) in [6.45, 7) is 4.35. The van der Waals surface area contributed by atoms with Gasteiger partial charge in [0.05, 0.1) is 5.41 Å². The lowest BCUT2D eigenvalue weighted by Crippen LogP contribution is -2.58. The van der Waals surface area contributed by atoms with Crippen molar-refractivity contribution in [1.29, 1.82) is 0 Å². The van der Waals surface area contributed by atoms with Gasteiger partial charge in [-0.05, 0) is 328 Å². The molecule has 0 unspecified atom stereocenters. The highest BCUT2D eigenvalue weighted by Crippen LogP contribution is 2.87. The van der Waals surface area contributed by atoms with Crippen LogP contribution in [0.1, 0.15) is 36.1 Å². The quantitative estimate of drug-likeness (QED) is 0.161. The predicted molar refractivity (Wildman–Crippen MR) is 306 cm³/mol. The number of carbonyl (C=O) groups is 1. The summed E-state index contributed by atoms with van der Waals surface area (Å²) in [4.78, 5) is 18.9. The van der Waals surface area contributed by atoms with Gasteiger partial charge in [0.2, 0.25) is 0 Å². The van der Waals surface area contributed by atoms with Crippen LogP contribution in [0.3, 0.4) is 0 Å². The number of ketones is 1. The summed E-state index contributed by atoms with van der Waals surface area (Å²) in [7, 11) is 0. The molecule has 29 aromatic rings. The monoisotopic (exact) mass is 893 g/mol. The van der Waals surface area contributed by atoms with Gasteiger partial charge in [-0.2, -0.15) is 0 Å². The Bertz CT molecular complexity index is 7430. The van der Waals surface area contributed by atoms with Gasteiger partial charge >= 0.3 is 0 Å². The van der Waals surface area contributed by atoms with E-state index >= 15 is 4.79 Å². The number of carbonyl (C=O) groups excluding carboxylic acids is 1. The van der Waals surface area contributed by atoms with Crippen LogP contribution in [0.25, 0.3) is 291 Å². The second-order valence-electron chi connectivity index (χ2n) is 26.4. The van der Waals surface area contributed by atoms with Crippen LogP contribution >= 0.6 is 0 Å². The van der Waals surface area contributed by atoms with Crippen molar-refractivity contribution in [3.63, 3.8) is 0 Å². The first kappa shape index (κ1) is 27.5. The van der Waals surface area contributed by atoms with Crippen molar-refractivity contribution in [2.45, 2.75) is 24.8 Å². The van der Waals surface area contributed by atoms with Gasteiger partial charge < -0.3 is 4.90 Å². The first-order valence-electron chi connectivity index (χ1n) is 27.0. The van der Waals surface area contributed by atoms with Crippen molar-refractivity contribution in [2.75, 3.05) is 4.90 Å². The molecule has 0 aromatic heterocycles. The van der Waals surface area contributed by atoms with Crippen LogP contribution in [-0.2, 0) is 15.7 Å². The molecule has 5 aliphatic rings. The van der Waals surface area contributed by atoms with Crippen LogP contribution in [0.5, 0.6) is 0 Å². The molecule has 0 saturated carbocycles. The summed E-state index contributed by atoms with van der Waals surface area (Å²) in [5, 5.41) is 85.7. The molecule has 0 atom stereocenters. The summed E-state index contributed by atoms with van der Waals surface area (Å²) in [6, 6.07) is 11.5. The van der Waals surface area contributed by atoms with E-state index in [2.05, 4.69) is 42.2 Å². The third kappa shape index (κ3) is 1.46. The minimum absolute atomic E-state index is 0.243. The van der Waals surface area contributed by atoms with Gasteiger partial charge in [-0.25, -0.2) is 0 Å². The van der Waals surface area contributed by atoms with Gasteiger partial charge in [-0.3, -0.25) is 4.79 Å². The lowest BCUT2D eigenvalue weighted by molar-refractivity contribution is -0.114. The molecule has 0 bridgehead atoms. The molecule has 0 N–H and O–H groups in total. The number of benzene rings is 19. The van der Waals surface area contributed by atoms with Crippen molar-refractivity contribution < 1.29 is 4.79 Å². The topological polar surface area (TPSA) is 20.3 Å². The molecule has 2 heteroatoms. The van der Waals surface area contributed by atoms with E-state index in [0.29, 0.717) is 0 Å². The fraction of sp³-hybridized carbons (Fsp3) is 0.0563. The van der Waals surface area contributed by atoms with Crippen molar-refractivity contribution in [1.82, 2.24) is 0 Å². The number of para-hydroxylation sites is 1. The van der Waals surface area contributed by atoms with Crippen molar-refractivity contribution in [3.05, 3.63) is 63.9 Å². The van der Waals surface area contributed by atoms with E-state index in [-0.39, 0.29) is 5.78 Å². The molecule has 34 rings (SSSR count). The van der Waals surface area contributed by atoms with E-state index in [1.807, 2.05) is 6.92 Å². The second kappa shape index (κ2) is 6.21. The Labute approximate surface area is 398 Å². The normalized spacial score (nSPS) is 22.2. The molecule has 2 nitrogen and oxygen atoms in total. The summed E-state index contributed by atoms with van der Waals surface area (Å²) in [6.07, 6.45) is 0. The van der Waals surface area contributed by atoms with Crippen LogP contribution in [0.15, 0.2) is 41.6 Å². The molecule has 73 heavy (non-hydrogen) atoms. The van der Waals surface area contributed by atoms with Crippen LogP contribution in [0.2, 0.25) is 0 Å². The summed E-state index contributed by atoms with van der Waals surface area (Å²) in [5.41, 5.74) is 8.11. The highest BCUT2D eigenvalue weighted by Gasteiger charge is 2.77. The number of hydrogen-bond acceptors (Lipinski definition) is 2. The largest absolute Gasteiger partial charge is 0.329 e. The molecule has 1 aliphatic heterocycles. The number of rotatable bonds is 2. The zero-order chi connectivity index (χ0) is 43.9. The maximum absolute atomic E-state index is 16.1. The molecule has 2 spiro atoms. The zero-order valence-corrected chi connectivity index (χ0v) is 37.7. The van der Waals surface area contributed by atoms with Gasteiger partial charge in [-0.15, -0.1) is 0 Å². The standard InChI is InChI=1S/C71H11NO/c1-8-65(9(2)73)70-66-57-49-39-29-21-13-11-12-15-19-17(13)25-33-27(19)37-31-23(15)24-16(12)20-18-14(11)22(21)30-36-26(18)34-28(20)38-32(24)42-41(31)53-47(37)55-45(33)51(43(49)35(25)29)59(66)61(55)68-63(53)64-54(42)48(38)56-46(34)52-44(36)50(40(30)39)58(57)67(70)60(52)62(56)69(64)71(68,70)72(8)10-6-4-3-5-7-10/h3-7H,1-2H3. The molecular weight excluding hydrogens is 883 g/mol. The van der Waals surface area contributed by atoms with Gasteiger partial charge in [-0.1, -0.05) is 18.2 Å². The van der Waals surface area contributed by atoms with Crippen molar-refractivity contribution in [3.8, 4) is 0 Å². The smallest absolute Gasteiger partial charge is 0.158 e. The number of Topliss-reactive ketones (excluding diaryl/α,β-unsaturated/α-hetero) is 1. The number of anilines is 1. The average Bonchev–Trinajstić information content (AvgIpc) is 3.77. The predicted octanol–water partition coefficient (Wildman–Crippen LogP) is 18.6. The van der Waals surface area contributed by atoms with E-state index in [1.165, 1.54) is 38.4 Å². The minimum atomic E-state index is -0.760. The fourth-order valence-corrected chi connectivity index (χ4v) is 26.2. The summed E-state index contributed by atoms with van der Waals surface area (Å²) >= 11 is 0. The Balaban J connectivity index is 1.18. The van der Waals surface area contributed by atoms with Crippen LogP contribution in [-0.4, -0.2) is 5.78 Å². The van der Waals surface area contributed by atoms with Crippen LogP contribution in [0, 0.1) is 0 Å². The average molecular weight is 894 g/mol. The maximum atomic E-state index is 16.1. The Morgan fingerprint density at radius 2 is 0.479 bits per heavy atom. The molecule has 0 radical (unpaired) electrons. The highest BCUT2D eigenvalue weighted by atomic mass is 16.1. The first-order valence-corrected chi connectivity index (χ1v) is 27.0. The van der Waals surface area contributed by atoms with Crippen LogP contribution in [0.4, 0.5) is 5.69 Å². The lowest BCUT2D eigenvalue weighted by atomic mass is 9.51. The molecule has 306 valence electrons. The Morgan fingerprint density at radius 3 is 0.685 bits per heavy atom. The fourth-order valence-electron chi connectivity index (χ4n) is 26.2. The molecule has 29 aromatic carbocycles. The van der Waals surface area contributed by atoms with Crippen LogP contribution < -0.4 is 4.90 Å². The van der Waals surface area contributed by atoms with E-state index in [9.17, 15) is 0 Å². The van der Waals surface area contributed by atoms with Gasteiger partial charge in [0, 0.05) is 28.1 Å². The Hall–Kier alpha value is -9.11. The van der Waals surface area contributed by atoms with Gasteiger partial charge in [0.15, 0.2) is 5.78 Å². The van der Waals surface area contributed by atoms with Gasteiger partial charge in [0.25, 0.3) is 0 Å². The number of hydrogen-bond donors (Lipinski definition) is 0. The lowest BCUT2D eigenvalue weighted by Gasteiger charge is -2.55. The third-order valence-corrected chi connectivity index (χ3v) is 26.0. The molecule has 1 heterocycles. The van der Waals surface area contributed by atoms with Crippen molar-refractivity contribution in [2.24, 2.45) is 0 Å². The maximum Gasteiger partial charge on any atom is 0.158 e. The molecule has 0 amide bonds. The third-order valence-electron chi connectivity index (χ3n) is 26.0. The Morgan fingerprint density at radius 1 is 0.288 bits per heavy atom. The second-order valence-corrected chi connectivity index (χ2v) is 26.4. The number of nitrogens with zero attached hydrogens (tertiary/aromatic N) is 1. The SMILES string of the molecule is CC(=O)C1=C(C)N(c2ccccc2)C23c4c5c6c7c8c9c(c%10c%11c2c2c4c4c%12c5c5c6c6c8c8c%13c9c9c%10c%10c%11c%11c2c2c4c4c%12c%12c5c5c6c8c6c8c%13c9c9c%10c%10c%11c2c2c4c4c%12c5c6c5c8c9c%10c2c45)C173. The Kier molecular flexibility index (Phi) is 2.34. The van der Waals surface area contributed by atoms with E-state index in [1.54, 1.807) is 280 Å².